The van der Waals surface area contributed by atoms with Gasteiger partial charge in [-0.3, -0.25) is 4.79 Å². The molecule has 0 saturated heterocycles. The van der Waals surface area contributed by atoms with E-state index in [1.807, 2.05) is 55.5 Å². The van der Waals surface area contributed by atoms with Gasteiger partial charge < -0.3 is 9.32 Å². The minimum Gasteiger partial charge on any atom is -0.431 e. The van der Waals surface area contributed by atoms with Crippen LogP contribution < -0.4 is 4.90 Å². The van der Waals surface area contributed by atoms with Crippen molar-refractivity contribution in [2.24, 2.45) is 0 Å². The Morgan fingerprint density at radius 1 is 1.24 bits per heavy atom. The summed E-state index contributed by atoms with van der Waals surface area (Å²) in [6.07, 6.45) is 0.285. The SMILES string of the molecule is Cc1ccc(N(CCC#N)C(=O)CSc2nc3ccccc3o2)cc1. The van der Waals surface area contributed by atoms with Crippen LogP contribution in [0.3, 0.4) is 0 Å². The van der Waals surface area contributed by atoms with Gasteiger partial charge in [0.05, 0.1) is 18.2 Å². The van der Waals surface area contributed by atoms with Crippen LogP contribution >= 0.6 is 11.8 Å². The van der Waals surface area contributed by atoms with Gasteiger partial charge in [-0.15, -0.1) is 0 Å². The first kappa shape index (κ1) is 17.1. The van der Waals surface area contributed by atoms with Crippen molar-refractivity contribution in [3.05, 3.63) is 54.1 Å². The summed E-state index contributed by atoms with van der Waals surface area (Å²) in [6.45, 7) is 2.36. The molecule has 0 atom stereocenters. The van der Waals surface area contributed by atoms with Crippen molar-refractivity contribution in [3.63, 3.8) is 0 Å². The highest BCUT2D eigenvalue weighted by Crippen LogP contribution is 2.24. The number of carbonyl (C=O) groups excluding carboxylic acids is 1. The topological polar surface area (TPSA) is 70.1 Å². The van der Waals surface area contributed by atoms with Gasteiger partial charge in [0.25, 0.3) is 5.22 Å². The van der Waals surface area contributed by atoms with Gasteiger partial charge in [-0.1, -0.05) is 41.6 Å². The third kappa shape index (κ3) is 4.20. The second-order valence-electron chi connectivity index (χ2n) is 5.53. The Bertz CT molecular complexity index is 879. The molecule has 0 saturated carbocycles. The fourth-order valence-corrected chi connectivity index (χ4v) is 3.11. The molecule has 1 amide bonds. The minimum absolute atomic E-state index is 0.0774. The molecule has 3 aromatic rings. The summed E-state index contributed by atoms with van der Waals surface area (Å²) in [5, 5.41) is 9.33. The van der Waals surface area contributed by atoms with Crippen molar-refractivity contribution < 1.29 is 9.21 Å². The molecular formula is C19H17N3O2S. The van der Waals surface area contributed by atoms with Crippen LogP contribution in [0, 0.1) is 18.3 Å². The molecule has 0 N–H and O–H groups in total. The first-order valence-corrected chi connectivity index (χ1v) is 8.88. The van der Waals surface area contributed by atoms with Gasteiger partial charge in [0, 0.05) is 12.2 Å². The van der Waals surface area contributed by atoms with Gasteiger partial charge in [0.1, 0.15) is 5.52 Å². The first-order chi connectivity index (χ1) is 12.2. The third-order valence-electron chi connectivity index (χ3n) is 3.69. The van der Waals surface area contributed by atoms with E-state index in [9.17, 15) is 4.79 Å². The zero-order valence-corrected chi connectivity index (χ0v) is 14.6. The molecule has 0 fully saturated rings. The number of hydrogen-bond acceptors (Lipinski definition) is 5. The lowest BCUT2D eigenvalue weighted by molar-refractivity contribution is -0.116. The zero-order valence-electron chi connectivity index (χ0n) is 13.8. The molecule has 0 aliphatic heterocycles. The number of aromatic nitrogens is 1. The van der Waals surface area contributed by atoms with E-state index in [0.717, 1.165) is 16.8 Å². The second-order valence-corrected chi connectivity index (χ2v) is 6.45. The van der Waals surface area contributed by atoms with Crippen molar-refractivity contribution in [3.8, 4) is 6.07 Å². The molecule has 6 heteroatoms. The molecule has 1 heterocycles. The molecule has 1 aromatic heterocycles. The number of rotatable bonds is 6. The van der Waals surface area contributed by atoms with Crippen molar-refractivity contribution in [2.75, 3.05) is 17.2 Å². The van der Waals surface area contributed by atoms with E-state index >= 15 is 0 Å². The van der Waals surface area contributed by atoms with Crippen LogP contribution in [0.25, 0.3) is 11.1 Å². The Hall–Kier alpha value is -2.78. The number of para-hydroxylation sites is 2. The first-order valence-electron chi connectivity index (χ1n) is 7.90. The summed E-state index contributed by atoms with van der Waals surface area (Å²) >= 11 is 1.26. The molecule has 2 aromatic carbocycles. The van der Waals surface area contributed by atoms with Crippen molar-refractivity contribution in [2.45, 2.75) is 18.6 Å². The lowest BCUT2D eigenvalue weighted by atomic mass is 10.2. The summed E-state index contributed by atoms with van der Waals surface area (Å²) in [7, 11) is 0. The zero-order chi connectivity index (χ0) is 17.6. The Kier molecular flexibility index (Phi) is 5.36. The van der Waals surface area contributed by atoms with Crippen LogP contribution in [-0.4, -0.2) is 23.2 Å². The predicted octanol–water partition coefficient (Wildman–Crippen LogP) is 4.18. The van der Waals surface area contributed by atoms with E-state index in [4.69, 9.17) is 9.68 Å². The van der Waals surface area contributed by atoms with Crippen LogP contribution in [0.15, 0.2) is 58.2 Å². The summed E-state index contributed by atoms with van der Waals surface area (Å²) in [6, 6.07) is 17.3. The van der Waals surface area contributed by atoms with Gasteiger partial charge in [-0.25, -0.2) is 4.98 Å². The van der Waals surface area contributed by atoms with Gasteiger partial charge in [-0.2, -0.15) is 5.26 Å². The smallest absolute Gasteiger partial charge is 0.257 e. The molecule has 0 bridgehead atoms. The Labute approximate surface area is 150 Å². The molecule has 0 radical (unpaired) electrons. The molecule has 0 spiro atoms. The van der Waals surface area contributed by atoms with E-state index in [0.29, 0.717) is 17.4 Å². The van der Waals surface area contributed by atoms with Gasteiger partial charge in [0.2, 0.25) is 5.91 Å². The Balaban J connectivity index is 1.71. The maximum atomic E-state index is 12.6. The maximum absolute atomic E-state index is 12.6. The largest absolute Gasteiger partial charge is 0.431 e. The van der Waals surface area contributed by atoms with E-state index < -0.39 is 0 Å². The Morgan fingerprint density at radius 2 is 2.00 bits per heavy atom. The van der Waals surface area contributed by atoms with Crippen LogP contribution in [0.2, 0.25) is 0 Å². The Morgan fingerprint density at radius 3 is 2.72 bits per heavy atom. The number of amides is 1. The number of oxazole rings is 1. The molecule has 25 heavy (non-hydrogen) atoms. The molecule has 5 nitrogen and oxygen atoms in total. The fraction of sp³-hybridized carbons (Fsp3) is 0.211. The third-order valence-corrected chi connectivity index (χ3v) is 4.50. The van der Waals surface area contributed by atoms with Gasteiger partial charge in [-0.05, 0) is 31.2 Å². The number of hydrogen-bond donors (Lipinski definition) is 0. The number of fused-ring (bicyclic) bond motifs is 1. The van der Waals surface area contributed by atoms with Crippen LogP contribution in [-0.2, 0) is 4.79 Å². The summed E-state index contributed by atoms with van der Waals surface area (Å²) in [5.41, 5.74) is 3.40. The standard InChI is InChI=1S/C19H17N3O2S/c1-14-7-9-15(10-8-14)22(12-4-11-20)18(23)13-25-19-21-16-5-2-3-6-17(16)24-19/h2-3,5-10H,4,12-13H2,1H3. The molecule has 0 aliphatic carbocycles. The summed E-state index contributed by atoms with van der Waals surface area (Å²) in [5.74, 6) is 0.123. The van der Waals surface area contributed by atoms with Crippen LogP contribution in [0.4, 0.5) is 5.69 Å². The predicted molar refractivity (Wildman–Crippen MR) is 98.5 cm³/mol. The van der Waals surface area contributed by atoms with Gasteiger partial charge >= 0.3 is 0 Å². The average molecular weight is 351 g/mol. The lowest BCUT2D eigenvalue weighted by Gasteiger charge is -2.21. The maximum Gasteiger partial charge on any atom is 0.257 e. The highest BCUT2D eigenvalue weighted by Gasteiger charge is 2.17. The highest BCUT2D eigenvalue weighted by molar-refractivity contribution is 7.99. The molecule has 3 rings (SSSR count). The summed E-state index contributed by atoms with van der Waals surface area (Å²) in [4.78, 5) is 18.7. The van der Waals surface area contributed by atoms with Crippen molar-refractivity contribution in [1.82, 2.24) is 4.98 Å². The summed E-state index contributed by atoms with van der Waals surface area (Å²) < 4.78 is 5.63. The van der Waals surface area contributed by atoms with Crippen LogP contribution in [0.1, 0.15) is 12.0 Å². The van der Waals surface area contributed by atoms with E-state index in [-0.39, 0.29) is 18.1 Å². The minimum atomic E-state index is -0.0774. The molecule has 126 valence electrons. The highest BCUT2D eigenvalue weighted by atomic mass is 32.2. The number of thioether (sulfide) groups is 1. The molecule has 0 aliphatic rings. The lowest BCUT2D eigenvalue weighted by Crippen LogP contribution is -2.33. The number of nitriles is 1. The van der Waals surface area contributed by atoms with Crippen molar-refractivity contribution in [1.29, 1.82) is 5.26 Å². The number of carbonyl (C=O) groups is 1. The normalized spacial score (nSPS) is 10.6. The number of anilines is 1. The van der Waals surface area contributed by atoms with Crippen molar-refractivity contribution >= 4 is 34.5 Å². The quantitative estimate of drug-likeness (QED) is 0.623. The molecular weight excluding hydrogens is 334 g/mol. The fourth-order valence-electron chi connectivity index (χ4n) is 2.40. The van der Waals surface area contributed by atoms with E-state index in [2.05, 4.69) is 11.1 Å². The number of nitrogens with zero attached hydrogens (tertiary/aromatic N) is 3. The van der Waals surface area contributed by atoms with E-state index in [1.54, 1.807) is 4.90 Å². The molecule has 0 unspecified atom stereocenters. The van der Waals surface area contributed by atoms with E-state index in [1.165, 1.54) is 11.8 Å². The number of aryl methyl sites for hydroxylation is 1. The van der Waals surface area contributed by atoms with Gasteiger partial charge in [0.15, 0.2) is 5.58 Å². The van der Waals surface area contributed by atoms with Crippen LogP contribution in [0.5, 0.6) is 0 Å². The number of benzene rings is 2. The average Bonchev–Trinajstić information content (AvgIpc) is 3.04. The second kappa shape index (κ2) is 7.86. The monoisotopic (exact) mass is 351 g/mol.